The summed E-state index contributed by atoms with van der Waals surface area (Å²) in [7, 11) is 0. The van der Waals surface area contributed by atoms with Gasteiger partial charge in [0.05, 0.1) is 24.4 Å². The molecule has 3 aromatic heterocycles. The number of imidazole rings is 2. The number of halogens is 1. The normalized spacial score (nSPS) is 14.5. The molecule has 8 heteroatoms. The molecule has 28 heavy (non-hydrogen) atoms. The van der Waals surface area contributed by atoms with Crippen molar-refractivity contribution in [3.8, 4) is 11.5 Å². The first-order valence-electron chi connectivity index (χ1n) is 9.16. The van der Waals surface area contributed by atoms with Crippen LogP contribution in [0.4, 0.5) is 10.1 Å². The lowest BCUT2D eigenvalue weighted by Crippen LogP contribution is -2.52. The van der Waals surface area contributed by atoms with Gasteiger partial charge in [-0.3, -0.25) is 9.13 Å². The van der Waals surface area contributed by atoms with E-state index in [0.29, 0.717) is 0 Å². The van der Waals surface area contributed by atoms with Crippen molar-refractivity contribution >= 4 is 16.7 Å². The minimum absolute atomic E-state index is 0.127. The molecule has 4 heterocycles. The average molecular weight is 378 g/mol. The molecule has 1 saturated heterocycles. The van der Waals surface area contributed by atoms with Gasteiger partial charge in [-0.2, -0.15) is 0 Å². The van der Waals surface area contributed by atoms with E-state index in [-0.39, 0.29) is 12.7 Å². The maximum atomic E-state index is 12.2. The van der Waals surface area contributed by atoms with Crippen LogP contribution in [0.3, 0.4) is 0 Å². The zero-order valence-corrected chi connectivity index (χ0v) is 15.1. The first kappa shape index (κ1) is 16.9. The van der Waals surface area contributed by atoms with Crippen LogP contribution in [0.25, 0.3) is 22.5 Å². The van der Waals surface area contributed by atoms with Gasteiger partial charge < -0.3 is 9.64 Å². The monoisotopic (exact) mass is 378 g/mol. The van der Waals surface area contributed by atoms with Gasteiger partial charge in [-0.05, 0) is 24.3 Å². The average Bonchev–Trinajstić information content (AvgIpc) is 3.37. The van der Waals surface area contributed by atoms with Crippen molar-refractivity contribution < 1.29 is 9.13 Å². The van der Waals surface area contributed by atoms with E-state index >= 15 is 0 Å². The highest BCUT2D eigenvalue weighted by Gasteiger charge is 2.27. The zero-order valence-electron chi connectivity index (χ0n) is 15.1. The van der Waals surface area contributed by atoms with Crippen LogP contribution >= 0.6 is 0 Å². The summed E-state index contributed by atoms with van der Waals surface area (Å²) in [6.45, 7) is 1.35. The molecule has 0 saturated carbocycles. The number of ether oxygens (including phenoxy) is 1. The van der Waals surface area contributed by atoms with Crippen LogP contribution < -0.4 is 4.90 Å². The first-order valence-corrected chi connectivity index (χ1v) is 9.16. The summed E-state index contributed by atoms with van der Waals surface area (Å²) in [5.74, 6) is 0.795. The Morgan fingerprint density at radius 2 is 1.89 bits per heavy atom. The van der Waals surface area contributed by atoms with Gasteiger partial charge in [-0.25, -0.2) is 19.3 Å². The summed E-state index contributed by atoms with van der Waals surface area (Å²) in [6.07, 6.45) is 9.02. The van der Waals surface area contributed by atoms with Crippen LogP contribution in [0.15, 0.2) is 61.6 Å². The van der Waals surface area contributed by atoms with Crippen LogP contribution in [0, 0.1) is 0 Å². The summed E-state index contributed by atoms with van der Waals surface area (Å²) in [5.41, 5.74) is 3.98. The maximum Gasteiger partial charge on any atom is 0.140 e. The van der Waals surface area contributed by atoms with Gasteiger partial charge in [0, 0.05) is 42.9 Å². The van der Waals surface area contributed by atoms with Gasteiger partial charge in [-0.1, -0.05) is 0 Å². The smallest absolute Gasteiger partial charge is 0.140 e. The summed E-state index contributed by atoms with van der Waals surface area (Å²) in [6, 6.07) is 10.3. The third-order valence-electron chi connectivity index (χ3n) is 4.96. The number of benzene rings is 1. The van der Waals surface area contributed by atoms with Crippen molar-refractivity contribution in [1.29, 1.82) is 0 Å². The molecule has 0 atom stereocenters. The van der Waals surface area contributed by atoms with Crippen LogP contribution in [0.5, 0.6) is 0 Å². The molecule has 1 aromatic carbocycles. The SMILES string of the molecule is FCCOC1CN(c2ccc(-n3cnc4cnc(-n5ccnc5)cc43)cc2)C1. The lowest BCUT2D eigenvalue weighted by molar-refractivity contribution is 0.0268. The van der Waals surface area contributed by atoms with Gasteiger partial charge in [-0.15, -0.1) is 0 Å². The number of nitrogens with zero attached hydrogens (tertiary/aromatic N) is 6. The van der Waals surface area contributed by atoms with Gasteiger partial charge in [0.15, 0.2) is 0 Å². The van der Waals surface area contributed by atoms with Crippen LogP contribution in [-0.2, 0) is 4.74 Å². The predicted octanol–water partition coefficient (Wildman–Crippen LogP) is 2.78. The van der Waals surface area contributed by atoms with E-state index < -0.39 is 6.67 Å². The van der Waals surface area contributed by atoms with Gasteiger partial charge >= 0.3 is 0 Å². The minimum atomic E-state index is -0.428. The van der Waals surface area contributed by atoms with E-state index in [9.17, 15) is 4.39 Å². The summed E-state index contributed by atoms with van der Waals surface area (Å²) < 4.78 is 21.5. The fraction of sp³-hybridized carbons (Fsp3) is 0.250. The number of hydrogen-bond donors (Lipinski definition) is 0. The Morgan fingerprint density at radius 1 is 1.07 bits per heavy atom. The molecule has 0 aliphatic carbocycles. The molecular weight excluding hydrogens is 359 g/mol. The van der Waals surface area contributed by atoms with Crippen molar-refractivity contribution in [2.24, 2.45) is 0 Å². The van der Waals surface area contributed by atoms with Crippen molar-refractivity contribution in [2.45, 2.75) is 6.10 Å². The molecular formula is C20H19FN6O. The number of pyridine rings is 1. The summed E-state index contributed by atoms with van der Waals surface area (Å²) >= 11 is 0. The third-order valence-corrected chi connectivity index (χ3v) is 4.96. The molecule has 5 rings (SSSR count). The van der Waals surface area contributed by atoms with E-state index in [0.717, 1.165) is 41.3 Å². The Hall–Kier alpha value is -3.26. The van der Waals surface area contributed by atoms with E-state index in [2.05, 4.69) is 44.1 Å². The molecule has 142 valence electrons. The topological polar surface area (TPSA) is 61.0 Å². The molecule has 0 N–H and O–H groups in total. The molecule has 0 amide bonds. The van der Waals surface area contributed by atoms with Crippen molar-refractivity contribution in [1.82, 2.24) is 24.1 Å². The molecule has 7 nitrogen and oxygen atoms in total. The summed E-state index contributed by atoms with van der Waals surface area (Å²) in [5, 5.41) is 0. The Balaban J connectivity index is 1.38. The van der Waals surface area contributed by atoms with Crippen LogP contribution in [0.1, 0.15) is 0 Å². The van der Waals surface area contributed by atoms with Gasteiger partial charge in [0.1, 0.15) is 30.7 Å². The lowest BCUT2D eigenvalue weighted by Gasteiger charge is -2.40. The van der Waals surface area contributed by atoms with E-state index in [1.807, 2.05) is 27.7 Å². The fourth-order valence-electron chi connectivity index (χ4n) is 3.43. The highest BCUT2D eigenvalue weighted by molar-refractivity contribution is 5.78. The highest BCUT2D eigenvalue weighted by atomic mass is 19.1. The Morgan fingerprint density at radius 3 is 2.64 bits per heavy atom. The second-order valence-corrected chi connectivity index (χ2v) is 6.72. The molecule has 1 aliphatic rings. The summed E-state index contributed by atoms with van der Waals surface area (Å²) in [4.78, 5) is 15.2. The van der Waals surface area contributed by atoms with E-state index in [4.69, 9.17) is 4.74 Å². The number of hydrogen-bond acceptors (Lipinski definition) is 5. The molecule has 0 bridgehead atoms. The number of anilines is 1. The highest BCUT2D eigenvalue weighted by Crippen LogP contribution is 2.25. The molecule has 0 radical (unpaired) electrons. The maximum absolute atomic E-state index is 12.2. The Kier molecular flexibility index (Phi) is 4.25. The number of aromatic nitrogens is 5. The van der Waals surface area contributed by atoms with E-state index in [1.165, 1.54) is 0 Å². The molecule has 1 fully saturated rings. The second-order valence-electron chi connectivity index (χ2n) is 6.72. The minimum Gasteiger partial charge on any atom is -0.372 e. The van der Waals surface area contributed by atoms with Gasteiger partial charge in [0.25, 0.3) is 0 Å². The lowest BCUT2D eigenvalue weighted by atomic mass is 10.1. The quantitative estimate of drug-likeness (QED) is 0.516. The first-order chi connectivity index (χ1) is 13.8. The standard InChI is InChI=1S/C20H19FN6O/c21-5-8-28-17-11-26(12-17)15-1-3-16(4-2-15)27-14-24-18-10-23-20(9-19(18)27)25-7-6-22-13-25/h1-4,6-7,9-10,13-14,17H,5,8,11-12H2. The van der Waals surface area contributed by atoms with E-state index in [1.54, 1.807) is 18.7 Å². The van der Waals surface area contributed by atoms with Gasteiger partial charge in [0.2, 0.25) is 0 Å². The van der Waals surface area contributed by atoms with Crippen LogP contribution in [0.2, 0.25) is 0 Å². The molecule has 0 spiro atoms. The second kappa shape index (κ2) is 7.05. The number of rotatable bonds is 6. The zero-order chi connectivity index (χ0) is 18.9. The van der Waals surface area contributed by atoms with Crippen LogP contribution in [-0.4, -0.2) is 56.6 Å². The third kappa shape index (κ3) is 3.01. The molecule has 1 aliphatic heterocycles. The van der Waals surface area contributed by atoms with Crippen molar-refractivity contribution in [3.63, 3.8) is 0 Å². The predicted molar refractivity (Wildman–Crippen MR) is 104 cm³/mol. The number of fused-ring (bicyclic) bond motifs is 1. The van der Waals surface area contributed by atoms with Crippen molar-refractivity contribution in [3.05, 3.63) is 61.6 Å². The Labute approximate surface area is 161 Å². The van der Waals surface area contributed by atoms with Crippen molar-refractivity contribution in [2.75, 3.05) is 31.3 Å². The largest absolute Gasteiger partial charge is 0.372 e. The molecule has 0 unspecified atom stereocenters. The number of alkyl halides is 1. The molecule has 4 aromatic rings. The Bertz CT molecular complexity index is 1070. The fourth-order valence-corrected chi connectivity index (χ4v) is 3.43.